The second-order valence-electron chi connectivity index (χ2n) is 3.89. The molecular formula is C9H15BO3S. The highest BCUT2D eigenvalue weighted by molar-refractivity contribution is 8.00. The molecule has 0 aromatic carbocycles. The number of methoxy groups -OCH3 is 2. The Bertz CT molecular complexity index is 212. The molecule has 2 unspecified atom stereocenters. The van der Waals surface area contributed by atoms with Crippen LogP contribution in [0.5, 0.6) is 0 Å². The Labute approximate surface area is 90.3 Å². The molecule has 0 aromatic rings. The van der Waals surface area contributed by atoms with E-state index in [0.717, 1.165) is 12.2 Å². The molecule has 2 radical (unpaired) electrons. The molecule has 0 saturated carbocycles. The monoisotopic (exact) mass is 214 g/mol. The summed E-state index contributed by atoms with van der Waals surface area (Å²) in [6, 6.07) is -0.171. The maximum Gasteiger partial charge on any atom is 0.126 e. The van der Waals surface area contributed by atoms with E-state index in [1.165, 1.54) is 0 Å². The molecule has 0 aromatic heterocycles. The van der Waals surface area contributed by atoms with Crippen LogP contribution in [-0.2, 0) is 14.2 Å². The van der Waals surface area contributed by atoms with Crippen LogP contribution in [-0.4, -0.2) is 57.4 Å². The third-order valence-electron chi connectivity index (χ3n) is 2.99. The van der Waals surface area contributed by atoms with E-state index in [2.05, 4.69) is 0 Å². The predicted octanol–water partition coefficient (Wildman–Crippen LogP) is 0.417. The zero-order chi connectivity index (χ0) is 10.2. The minimum absolute atomic E-state index is 0.119. The summed E-state index contributed by atoms with van der Waals surface area (Å²) < 4.78 is 16.5. The summed E-state index contributed by atoms with van der Waals surface area (Å²) in [5.74, 6) is 0.914. The molecule has 78 valence electrons. The van der Waals surface area contributed by atoms with Crippen LogP contribution < -0.4 is 0 Å². The van der Waals surface area contributed by atoms with Crippen molar-refractivity contribution in [1.82, 2.24) is 0 Å². The molecule has 5 heteroatoms. The van der Waals surface area contributed by atoms with Gasteiger partial charge in [-0.05, 0) is 6.42 Å². The largest absolute Gasteiger partial charge is 0.382 e. The Morgan fingerprint density at radius 2 is 2.36 bits per heavy atom. The van der Waals surface area contributed by atoms with E-state index in [0.29, 0.717) is 11.9 Å². The zero-order valence-electron chi connectivity index (χ0n) is 8.56. The number of hydrogen-bond acceptors (Lipinski definition) is 4. The molecule has 4 atom stereocenters. The van der Waals surface area contributed by atoms with Crippen LogP contribution in [0.2, 0.25) is 0 Å². The van der Waals surface area contributed by atoms with Crippen molar-refractivity contribution in [2.75, 3.05) is 26.6 Å². The number of rotatable bonds is 3. The first-order chi connectivity index (χ1) is 6.72. The van der Waals surface area contributed by atoms with Gasteiger partial charge in [-0.2, -0.15) is 11.8 Å². The van der Waals surface area contributed by atoms with E-state index in [-0.39, 0.29) is 17.7 Å². The fraction of sp³-hybridized carbons (Fsp3) is 1.00. The molecule has 3 fully saturated rings. The number of thioether (sulfide) groups is 1. The zero-order valence-corrected chi connectivity index (χ0v) is 9.38. The predicted molar refractivity (Wildman–Crippen MR) is 56.9 cm³/mol. The Hall–Kier alpha value is 0.295. The van der Waals surface area contributed by atoms with Gasteiger partial charge in [0.1, 0.15) is 13.4 Å². The van der Waals surface area contributed by atoms with Gasteiger partial charge in [-0.25, -0.2) is 0 Å². The molecule has 0 N–H and O–H groups in total. The normalized spacial score (nSPS) is 46.9. The molecule has 14 heavy (non-hydrogen) atoms. The van der Waals surface area contributed by atoms with Crippen molar-refractivity contribution in [3.05, 3.63) is 0 Å². The van der Waals surface area contributed by atoms with Crippen LogP contribution >= 0.6 is 11.8 Å². The van der Waals surface area contributed by atoms with Crippen molar-refractivity contribution in [3.8, 4) is 0 Å². The van der Waals surface area contributed by atoms with Crippen LogP contribution in [0, 0.1) is 0 Å². The van der Waals surface area contributed by atoms with Crippen molar-refractivity contribution in [3.63, 3.8) is 0 Å². The average molecular weight is 214 g/mol. The molecule has 3 nitrogen and oxygen atoms in total. The van der Waals surface area contributed by atoms with E-state index in [1.807, 2.05) is 11.8 Å². The molecule has 0 amide bonds. The molecular weight excluding hydrogens is 199 g/mol. The summed E-state index contributed by atoms with van der Waals surface area (Å²) in [4.78, 5) is 0. The molecule has 3 saturated heterocycles. The van der Waals surface area contributed by atoms with Crippen LogP contribution in [0.25, 0.3) is 0 Å². The summed E-state index contributed by atoms with van der Waals surface area (Å²) in [6.45, 7) is 0.554. The third kappa shape index (κ3) is 1.60. The topological polar surface area (TPSA) is 27.7 Å². The van der Waals surface area contributed by atoms with Gasteiger partial charge in [-0.1, -0.05) is 0 Å². The highest BCUT2D eigenvalue weighted by Crippen LogP contribution is 2.44. The fourth-order valence-corrected chi connectivity index (χ4v) is 3.63. The number of fused-ring (bicyclic) bond motifs is 3. The maximum absolute atomic E-state index is 5.90. The van der Waals surface area contributed by atoms with Gasteiger partial charge in [-0.3, -0.25) is 0 Å². The van der Waals surface area contributed by atoms with Crippen LogP contribution in [0.3, 0.4) is 0 Å². The SMILES string of the molecule is [B][C@@H]1O[C@]2(COC)CSC1CC2OC. The first-order valence-electron chi connectivity index (χ1n) is 4.78. The lowest BCUT2D eigenvalue weighted by atomic mass is 9.82. The lowest BCUT2D eigenvalue weighted by Gasteiger charge is -2.53. The second-order valence-corrected chi connectivity index (χ2v) is 5.12. The van der Waals surface area contributed by atoms with E-state index in [1.54, 1.807) is 14.2 Å². The average Bonchev–Trinajstić information content (AvgIpc) is 2.18. The Morgan fingerprint density at radius 1 is 1.57 bits per heavy atom. The van der Waals surface area contributed by atoms with Crippen molar-refractivity contribution in [2.24, 2.45) is 0 Å². The second kappa shape index (κ2) is 4.04. The molecule has 0 spiro atoms. The van der Waals surface area contributed by atoms with Gasteiger partial charge < -0.3 is 14.2 Å². The summed E-state index contributed by atoms with van der Waals surface area (Å²) in [7, 11) is 9.30. The molecule has 3 aliphatic heterocycles. The highest BCUT2D eigenvalue weighted by atomic mass is 32.2. The van der Waals surface area contributed by atoms with Gasteiger partial charge in [0.15, 0.2) is 0 Å². The van der Waals surface area contributed by atoms with E-state index >= 15 is 0 Å². The van der Waals surface area contributed by atoms with Gasteiger partial charge >= 0.3 is 0 Å². The minimum atomic E-state index is -0.331. The van der Waals surface area contributed by atoms with Gasteiger partial charge in [0, 0.05) is 31.2 Å². The first-order valence-corrected chi connectivity index (χ1v) is 5.83. The highest BCUT2D eigenvalue weighted by Gasteiger charge is 2.52. The molecule has 3 rings (SSSR count). The third-order valence-corrected chi connectivity index (χ3v) is 4.53. The Kier molecular flexibility index (Phi) is 3.12. The van der Waals surface area contributed by atoms with Crippen LogP contribution in [0.15, 0.2) is 0 Å². The lowest BCUT2D eigenvalue weighted by Crippen LogP contribution is -2.64. The summed E-state index contributed by atoms with van der Waals surface area (Å²) in [6.07, 6.45) is 1.08. The minimum Gasteiger partial charge on any atom is -0.382 e. The Morgan fingerprint density at radius 3 is 2.93 bits per heavy atom. The van der Waals surface area contributed by atoms with E-state index in [9.17, 15) is 0 Å². The smallest absolute Gasteiger partial charge is 0.126 e. The van der Waals surface area contributed by atoms with Crippen LogP contribution in [0.4, 0.5) is 0 Å². The summed E-state index contributed by atoms with van der Waals surface area (Å²) in [5, 5.41) is 0.374. The Balaban J connectivity index is 2.15. The van der Waals surface area contributed by atoms with E-state index in [4.69, 9.17) is 22.1 Å². The summed E-state index contributed by atoms with van der Waals surface area (Å²) >= 11 is 1.87. The maximum atomic E-state index is 5.90. The molecule has 3 heterocycles. The van der Waals surface area contributed by atoms with Crippen LogP contribution in [0.1, 0.15) is 6.42 Å². The van der Waals surface area contributed by atoms with Gasteiger partial charge in [0.25, 0.3) is 0 Å². The fourth-order valence-electron chi connectivity index (χ4n) is 2.24. The lowest BCUT2D eigenvalue weighted by molar-refractivity contribution is -0.190. The molecule has 2 bridgehead atoms. The number of hydrogen-bond donors (Lipinski definition) is 0. The van der Waals surface area contributed by atoms with Gasteiger partial charge in [0.2, 0.25) is 0 Å². The summed E-state index contributed by atoms with van der Waals surface area (Å²) in [5.41, 5.74) is -0.331. The standard InChI is InChI=1S/C9H15BO3S/c1-11-4-9-5-14-6(8(10)13-9)3-7(9)12-2/h6-8H,3-5H2,1-2H3/t6?,7?,8-,9-/m1/s1. The van der Waals surface area contributed by atoms with Crippen molar-refractivity contribution < 1.29 is 14.2 Å². The first kappa shape index (κ1) is 10.8. The van der Waals surface area contributed by atoms with Crippen molar-refractivity contribution >= 4 is 19.6 Å². The van der Waals surface area contributed by atoms with E-state index < -0.39 is 0 Å². The molecule has 0 aliphatic carbocycles. The quantitative estimate of drug-likeness (QED) is 0.636. The number of ether oxygens (including phenoxy) is 3. The van der Waals surface area contributed by atoms with Crippen molar-refractivity contribution in [2.45, 2.75) is 29.4 Å². The van der Waals surface area contributed by atoms with Gasteiger partial charge in [0.05, 0.1) is 12.7 Å². The van der Waals surface area contributed by atoms with Crippen molar-refractivity contribution in [1.29, 1.82) is 0 Å². The molecule has 3 aliphatic rings. The van der Waals surface area contributed by atoms with Gasteiger partial charge in [-0.15, -0.1) is 0 Å².